The number of hydrogen-bond acceptors (Lipinski definition) is 3. The van der Waals surface area contributed by atoms with Crippen LogP contribution >= 0.6 is 11.8 Å². The van der Waals surface area contributed by atoms with E-state index < -0.39 is 0 Å². The van der Waals surface area contributed by atoms with Crippen LogP contribution in [-0.4, -0.2) is 24.7 Å². The smallest absolute Gasteiger partial charge is 0.243 e. The summed E-state index contributed by atoms with van der Waals surface area (Å²) >= 11 is 1.85. The lowest BCUT2D eigenvalue weighted by atomic mass is 10.1. The van der Waals surface area contributed by atoms with Crippen LogP contribution in [0.2, 0.25) is 0 Å². The number of para-hydroxylation sites is 1. The van der Waals surface area contributed by atoms with E-state index in [1.807, 2.05) is 43.0 Å². The second-order valence-corrected chi connectivity index (χ2v) is 6.67. The highest BCUT2D eigenvalue weighted by molar-refractivity contribution is 7.99. The van der Waals surface area contributed by atoms with E-state index >= 15 is 0 Å². The van der Waals surface area contributed by atoms with Crippen LogP contribution < -0.4 is 10.2 Å². The minimum atomic E-state index is 0.0374. The van der Waals surface area contributed by atoms with Gasteiger partial charge in [-0.2, -0.15) is 0 Å². The maximum atomic E-state index is 12.4. The van der Waals surface area contributed by atoms with Crippen LogP contribution in [0, 0.1) is 13.8 Å². The molecule has 2 aromatic carbocycles. The van der Waals surface area contributed by atoms with Crippen LogP contribution in [0.25, 0.3) is 0 Å². The van der Waals surface area contributed by atoms with Gasteiger partial charge >= 0.3 is 0 Å². The first-order chi connectivity index (χ1) is 10.6. The maximum absolute atomic E-state index is 12.4. The Hall–Kier alpha value is -1.94. The molecule has 0 radical (unpaired) electrons. The first-order valence-electron chi connectivity index (χ1n) is 7.48. The van der Waals surface area contributed by atoms with Crippen molar-refractivity contribution in [3.8, 4) is 0 Å². The molecule has 0 aromatic heterocycles. The molecule has 0 atom stereocenters. The number of benzene rings is 2. The Morgan fingerprint density at radius 3 is 2.86 bits per heavy atom. The largest absolute Gasteiger partial charge is 0.360 e. The quantitative estimate of drug-likeness (QED) is 0.934. The Kier molecular flexibility index (Phi) is 4.39. The first-order valence-corrected chi connectivity index (χ1v) is 8.46. The second kappa shape index (κ2) is 6.44. The monoisotopic (exact) mass is 312 g/mol. The Morgan fingerprint density at radius 2 is 2.00 bits per heavy atom. The summed E-state index contributed by atoms with van der Waals surface area (Å²) in [5.74, 6) is 1.06. The molecule has 1 aliphatic heterocycles. The Bertz CT molecular complexity index is 699. The van der Waals surface area contributed by atoms with Gasteiger partial charge in [-0.15, -0.1) is 11.8 Å². The van der Waals surface area contributed by atoms with Gasteiger partial charge in [0.1, 0.15) is 0 Å². The van der Waals surface area contributed by atoms with Gasteiger partial charge in [0.05, 0.1) is 12.2 Å². The third-order valence-corrected chi connectivity index (χ3v) is 5.08. The van der Waals surface area contributed by atoms with Crippen LogP contribution in [-0.2, 0) is 4.79 Å². The number of hydrogen-bond donors (Lipinski definition) is 1. The standard InChI is InChI=1S/C18H20N2OS/c1-13-6-5-7-15(14(13)2)19-18(21)12-20-10-11-22-17-9-4-3-8-16(17)20/h3-9H,10-12H2,1-2H3,(H,19,21). The fourth-order valence-electron chi connectivity index (χ4n) is 2.64. The predicted molar refractivity (Wildman–Crippen MR) is 93.9 cm³/mol. The third kappa shape index (κ3) is 3.12. The van der Waals surface area contributed by atoms with E-state index in [9.17, 15) is 4.79 Å². The van der Waals surface area contributed by atoms with Crippen LogP contribution in [0.1, 0.15) is 11.1 Å². The van der Waals surface area contributed by atoms with E-state index in [1.165, 1.54) is 10.5 Å². The normalized spacial score (nSPS) is 13.6. The summed E-state index contributed by atoms with van der Waals surface area (Å²) < 4.78 is 0. The molecule has 1 heterocycles. The highest BCUT2D eigenvalue weighted by Crippen LogP contribution is 2.34. The van der Waals surface area contributed by atoms with Crippen molar-refractivity contribution in [1.29, 1.82) is 0 Å². The van der Waals surface area contributed by atoms with Crippen molar-refractivity contribution in [1.82, 2.24) is 0 Å². The molecule has 22 heavy (non-hydrogen) atoms. The molecule has 0 aliphatic carbocycles. The number of nitrogens with zero attached hydrogens (tertiary/aromatic N) is 1. The van der Waals surface area contributed by atoms with Crippen LogP contribution in [0.15, 0.2) is 47.4 Å². The van der Waals surface area contributed by atoms with Gasteiger partial charge in [-0.05, 0) is 43.2 Å². The van der Waals surface area contributed by atoms with Gasteiger partial charge in [-0.25, -0.2) is 0 Å². The highest BCUT2D eigenvalue weighted by atomic mass is 32.2. The highest BCUT2D eigenvalue weighted by Gasteiger charge is 2.19. The van der Waals surface area contributed by atoms with Crippen molar-refractivity contribution in [3.05, 3.63) is 53.6 Å². The first kappa shape index (κ1) is 15.0. The number of thioether (sulfide) groups is 1. The van der Waals surface area contributed by atoms with Crippen molar-refractivity contribution in [3.63, 3.8) is 0 Å². The molecule has 0 unspecified atom stereocenters. The molecule has 2 aromatic rings. The summed E-state index contributed by atoms with van der Waals surface area (Å²) in [6.07, 6.45) is 0. The van der Waals surface area contributed by atoms with E-state index in [2.05, 4.69) is 35.3 Å². The van der Waals surface area contributed by atoms with E-state index in [4.69, 9.17) is 0 Å². The number of amides is 1. The van der Waals surface area contributed by atoms with Crippen molar-refractivity contribution in [2.45, 2.75) is 18.7 Å². The summed E-state index contributed by atoms with van der Waals surface area (Å²) in [7, 11) is 0. The van der Waals surface area contributed by atoms with Gasteiger partial charge in [0.2, 0.25) is 5.91 Å². The lowest BCUT2D eigenvalue weighted by molar-refractivity contribution is -0.115. The van der Waals surface area contributed by atoms with Crippen LogP contribution in [0.4, 0.5) is 11.4 Å². The van der Waals surface area contributed by atoms with Crippen molar-refractivity contribution in [2.24, 2.45) is 0 Å². The molecule has 0 bridgehead atoms. The summed E-state index contributed by atoms with van der Waals surface area (Å²) in [5, 5.41) is 3.04. The van der Waals surface area contributed by atoms with Crippen molar-refractivity contribution in [2.75, 3.05) is 29.1 Å². The molecule has 1 N–H and O–H groups in total. The zero-order chi connectivity index (χ0) is 15.5. The Morgan fingerprint density at radius 1 is 1.18 bits per heavy atom. The fraction of sp³-hybridized carbons (Fsp3) is 0.278. The second-order valence-electron chi connectivity index (χ2n) is 5.53. The summed E-state index contributed by atoms with van der Waals surface area (Å²) in [4.78, 5) is 15.8. The zero-order valence-electron chi connectivity index (χ0n) is 12.9. The molecule has 1 amide bonds. The molecular formula is C18H20N2OS. The van der Waals surface area contributed by atoms with Crippen LogP contribution in [0.3, 0.4) is 0 Å². The third-order valence-electron chi connectivity index (χ3n) is 4.04. The zero-order valence-corrected chi connectivity index (χ0v) is 13.7. The lowest BCUT2D eigenvalue weighted by Crippen LogP contribution is -2.36. The molecule has 0 saturated carbocycles. The molecule has 0 fully saturated rings. The SMILES string of the molecule is Cc1cccc(NC(=O)CN2CCSc3ccccc32)c1C. The average Bonchev–Trinajstić information content (AvgIpc) is 2.52. The number of aryl methyl sites for hydroxylation is 1. The topological polar surface area (TPSA) is 32.3 Å². The Balaban J connectivity index is 1.72. The molecule has 4 heteroatoms. The maximum Gasteiger partial charge on any atom is 0.243 e. The van der Waals surface area contributed by atoms with Crippen LogP contribution in [0.5, 0.6) is 0 Å². The number of carbonyl (C=O) groups excluding carboxylic acids is 1. The number of fused-ring (bicyclic) bond motifs is 1. The molecule has 0 spiro atoms. The van der Waals surface area contributed by atoms with Gasteiger partial charge in [-0.3, -0.25) is 4.79 Å². The lowest BCUT2D eigenvalue weighted by Gasteiger charge is -2.30. The molecule has 114 valence electrons. The molecule has 0 saturated heterocycles. The number of carbonyl (C=O) groups is 1. The van der Waals surface area contributed by atoms with E-state index in [1.54, 1.807) is 0 Å². The molecule has 3 nitrogen and oxygen atoms in total. The Labute approximate surface area is 135 Å². The van der Waals surface area contributed by atoms with Crippen molar-refractivity contribution < 1.29 is 4.79 Å². The number of rotatable bonds is 3. The summed E-state index contributed by atoms with van der Waals surface area (Å²) in [6, 6.07) is 14.3. The fourth-order valence-corrected chi connectivity index (χ4v) is 3.69. The van der Waals surface area contributed by atoms with Gasteiger partial charge in [-0.1, -0.05) is 24.3 Å². The summed E-state index contributed by atoms with van der Waals surface area (Å²) in [5.41, 5.74) is 4.39. The van der Waals surface area contributed by atoms with E-state index in [0.29, 0.717) is 6.54 Å². The number of anilines is 2. The van der Waals surface area contributed by atoms with Gasteiger partial charge in [0.15, 0.2) is 0 Å². The van der Waals surface area contributed by atoms with Crippen molar-refractivity contribution >= 4 is 29.0 Å². The van der Waals surface area contributed by atoms with Gasteiger partial charge in [0, 0.05) is 22.9 Å². The number of nitrogens with one attached hydrogen (secondary N) is 1. The molecule has 1 aliphatic rings. The average molecular weight is 312 g/mol. The molecular weight excluding hydrogens is 292 g/mol. The minimum Gasteiger partial charge on any atom is -0.360 e. The van der Waals surface area contributed by atoms with E-state index in [0.717, 1.165) is 29.2 Å². The molecule has 3 rings (SSSR count). The predicted octanol–water partition coefficient (Wildman–Crippen LogP) is 3.85. The summed E-state index contributed by atoms with van der Waals surface area (Å²) in [6.45, 7) is 5.40. The van der Waals surface area contributed by atoms with Gasteiger partial charge < -0.3 is 10.2 Å². The minimum absolute atomic E-state index is 0.0374. The van der Waals surface area contributed by atoms with Gasteiger partial charge in [0.25, 0.3) is 0 Å². The van der Waals surface area contributed by atoms with E-state index in [-0.39, 0.29) is 5.91 Å².